The van der Waals surface area contributed by atoms with Gasteiger partial charge in [-0.3, -0.25) is 0 Å². The molecule has 0 saturated carbocycles. The van der Waals surface area contributed by atoms with Gasteiger partial charge in [0.15, 0.2) is 9.84 Å². The highest BCUT2D eigenvalue weighted by atomic mass is 32.2. The predicted molar refractivity (Wildman–Crippen MR) is 135 cm³/mol. The Bertz CT molecular complexity index is 1650. The number of sulfone groups is 1. The van der Waals surface area contributed by atoms with E-state index in [4.69, 9.17) is 4.98 Å². The van der Waals surface area contributed by atoms with E-state index in [0.29, 0.717) is 17.6 Å². The number of para-hydroxylation sites is 1. The molecule has 2 heterocycles. The molecule has 0 atom stereocenters. The lowest BCUT2D eigenvalue weighted by Gasteiger charge is -2.13. The van der Waals surface area contributed by atoms with E-state index < -0.39 is 9.84 Å². The van der Waals surface area contributed by atoms with Gasteiger partial charge in [0.05, 0.1) is 15.9 Å². The van der Waals surface area contributed by atoms with Crippen molar-refractivity contribution in [1.82, 2.24) is 19.9 Å². The van der Waals surface area contributed by atoms with E-state index in [-0.39, 0.29) is 4.90 Å². The average molecular weight is 471 g/mol. The summed E-state index contributed by atoms with van der Waals surface area (Å²) in [7, 11) is -1.46. The lowest BCUT2D eigenvalue weighted by atomic mass is 10.0. The molecule has 0 unspecified atom stereocenters. The second-order valence-corrected chi connectivity index (χ2v) is 9.98. The number of nitrogens with one attached hydrogen (secondary N) is 2. The van der Waals surface area contributed by atoms with E-state index >= 15 is 0 Å². The van der Waals surface area contributed by atoms with Gasteiger partial charge >= 0.3 is 0 Å². The molecule has 3 aromatic carbocycles. The van der Waals surface area contributed by atoms with Gasteiger partial charge in [0, 0.05) is 41.5 Å². The summed E-state index contributed by atoms with van der Waals surface area (Å²) in [5, 5.41) is 8.06. The van der Waals surface area contributed by atoms with Crippen molar-refractivity contribution in [3.8, 4) is 11.1 Å². The van der Waals surface area contributed by atoms with Crippen molar-refractivity contribution in [2.45, 2.75) is 11.8 Å². The first-order chi connectivity index (χ1) is 16.3. The molecule has 0 spiro atoms. The van der Waals surface area contributed by atoms with Crippen molar-refractivity contribution in [2.75, 3.05) is 23.9 Å². The van der Waals surface area contributed by atoms with Crippen molar-refractivity contribution in [3.05, 3.63) is 72.7 Å². The Morgan fingerprint density at radius 1 is 0.912 bits per heavy atom. The van der Waals surface area contributed by atoms with Crippen LogP contribution >= 0.6 is 0 Å². The van der Waals surface area contributed by atoms with E-state index in [0.717, 1.165) is 38.6 Å². The van der Waals surface area contributed by atoms with Crippen molar-refractivity contribution >= 4 is 49.1 Å². The fraction of sp³-hybridized carbons (Fsp3) is 0.120. The fourth-order valence-electron chi connectivity index (χ4n) is 3.84. The maximum Gasteiger partial charge on any atom is 0.222 e. The Morgan fingerprint density at radius 2 is 1.71 bits per heavy atom. The first-order valence-corrected chi connectivity index (χ1v) is 12.5. The van der Waals surface area contributed by atoms with Crippen LogP contribution in [-0.4, -0.2) is 41.7 Å². The van der Waals surface area contributed by atoms with E-state index in [1.165, 1.54) is 6.26 Å². The van der Waals surface area contributed by atoms with Crippen molar-refractivity contribution in [1.29, 1.82) is 0 Å². The molecular weight excluding hydrogens is 448 g/mol. The molecule has 2 N–H and O–H groups in total. The summed E-state index contributed by atoms with van der Waals surface area (Å²) in [5.74, 6) is 1.85. The van der Waals surface area contributed by atoms with Gasteiger partial charge in [-0.15, -0.1) is 0 Å². The second kappa shape index (κ2) is 8.35. The SMILES string of the molecule is CNc1ncc2cc(-c3cccc4c(Nc5ccc(S(C)(=O)=O)cc5)nc(C)nc34)ccc2n1. The van der Waals surface area contributed by atoms with Crippen LogP contribution in [0.1, 0.15) is 5.82 Å². The number of aryl methyl sites for hydroxylation is 1. The summed E-state index contributed by atoms with van der Waals surface area (Å²) >= 11 is 0. The Morgan fingerprint density at radius 3 is 2.44 bits per heavy atom. The lowest BCUT2D eigenvalue weighted by molar-refractivity contribution is 0.602. The lowest BCUT2D eigenvalue weighted by Crippen LogP contribution is -2.01. The normalized spacial score (nSPS) is 11.6. The van der Waals surface area contributed by atoms with Crippen LogP contribution in [0.4, 0.5) is 17.5 Å². The molecule has 9 heteroatoms. The predicted octanol–water partition coefficient (Wildman–Crippen LogP) is 4.74. The minimum absolute atomic E-state index is 0.270. The molecule has 0 saturated heterocycles. The van der Waals surface area contributed by atoms with Gasteiger partial charge in [0.2, 0.25) is 5.95 Å². The second-order valence-electron chi connectivity index (χ2n) is 7.96. The first-order valence-electron chi connectivity index (χ1n) is 10.6. The Labute approximate surface area is 197 Å². The van der Waals surface area contributed by atoms with E-state index in [1.54, 1.807) is 37.5 Å². The molecule has 0 fully saturated rings. The number of nitrogens with zero attached hydrogens (tertiary/aromatic N) is 4. The van der Waals surface area contributed by atoms with Gasteiger partial charge in [-0.25, -0.2) is 28.4 Å². The van der Waals surface area contributed by atoms with Gasteiger partial charge in [-0.1, -0.05) is 18.2 Å². The molecule has 0 radical (unpaired) electrons. The number of anilines is 3. The molecule has 0 aliphatic rings. The Kier molecular flexibility index (Phi) is 5.33. The molecule has 5 rings (SSSR count). The minimum atomic E-state index is -3.26. The summed E-state index contributed by atoms with van der Waals surface area (Å²) in [6.07, 6.45) is 2.99. The van der Waals surface area contributed by atoms with Crippen LogP contribution in [0.5, 0.6) is 0 Å². The molecule has 170 valence electrons. The third-order valence-corrected chi connectivity index (χ3v) is 6.63. The van der Waals surface area contributed by atoms with E-state index in [9.17, 15) is 8.42 Å². The molecule has 8 nitrogen and oxygen atoms in total. The van der Waals surface area contributed by atoms with Crippen LogP contribution in [0.3, 0.4) is 0 Å². The van der Waals surface area contributed by atoms with Crippen LogP contribution in [0.25, 0.3) is 32.9 Å². The first kappa shape index (κ1) is 21.7. The van der Waals surface area contributed by atoms with Gasteiger partial charge in [-0.2, -0.15) is 0 Å². The maximum absolute atomic E-state index is 11.8. The highest BCUT2D eigenvalue weighted by molar-refractivity contribution is 7.90. The zero-order valence-electron chi connectivity index (χ0n) is 18.9. The molecule has 5 aromatic rings. The number of hydrogen-bond donors (Lipinski definition) is 2. The average Bonchev–Trinajstić information content (AvgIpc) is 2.83. The molecule has 2 aromatic heterocycles. The maximum atomic E-state index is 11.8. The highest BCUT2D eigenvalue weighted by Crippen LogP contribution is 2.33. The summed E-state index contributed by atoms with van der Waals surface area (Å²) in [6.45, 7) is 1.85. The molecule has 0 amide bonds. The van der Waals surface area contributed by atoms with Gasteiger partial charge in [0.1, 0.15) is 11.6 Å². The number of aromatic nitrogens is 4. The summed E-state index contributed by atoms with van der Waals surface area (Å²) < 4.78 is 23.5. The zero-order valence-corrected chi connectivity index (χ0v) is 19.7. The van der Waals surface area contributed by atoms with Crippen LogP contribution in [-0.2, 0) is 9.84 Å². The van der Waals surface area contributed by atoms with Crippen LogP contribution in [0.2, 0.25) is 0 Å². The zero-order chi connectivity index (χ0) is 23.9. The number of benzene rings is 3. The Balaban J connectivity index is 1.59. The standard InChI is InChI=1S/C25H22N6O2S/c1-15-28-23-20(16-7-12-22-17(13-16)14-27-25(26-2)31-22)5-4-6-21(23)24(29-15)30-18-8-10-19(11-9-18)34(3,32)33/h4-14H,1-3H3,(H,26,27,31)(H,28,29,30). The molecular formula is C25H22N6O2S. The highest BCUT2D eigenvalue weighted by Gasteiger charge is 2.13. The van der Waals surface area contributed by atoms with Crippen LogP contribution < -0.4 is 10.6 Å². The third-order valence-electron chi connectivity index (χ3n) is 5.50. The van der Waals surface area contributed by atoms with Gasteiger partial charge in [-0.05, 0) is 55.0 Å². The number of hydrogen-bond acceptors (Lipinski definition) is 8. The van der Waals surface area contributed by atoms with Crippen molar-refractivity contribution in [3.63, 3.8) is 0 Å². The number of rotatable bonds is 5. The molecule has 0 aliphatic carbocycles. The van der Waals surface area contributed by atoms with E-state index in [1.807, 2.05) is 37.3 Å². The topological polar surface area (TPSA) is 110 Å². The summed E-state index contributed by atoms with van der Waals surface area (Å²) in [6, 6.07) is 18.6. The molecule has 34 heavy (non-hydrogen) atoms. The quantitative estimate of drug-likeness (QED) is 0.379. The van der Waals surface area contributed by atoms with Crippen molar-refractivity contribution in [2.24, 2.45) is 0 Å². The van der Waals surface area contributed by atoms with Crippen molar-refractivity contribution < 1.29 is 8.42 Å². The summed E-state index contributed by atoms with van der Waals surface area (Å²) in [5.41, 5.74) is 4.38. The largest absolute Gasteiger partial charge is 0.357 e. The minimum Gasteiger partial charge on any atom is -0.357 e. The monoisotopic (exact) mass is 470 g/mol. The van der Waals surface area contributed by atoms with Gasteiger partial charge < -0.3 is 10.6 Å². The van der Waals surface area contributed by atoms with Crippen LogP contribution in [0, 0.1) is 6.92 Å². The van der Waals surface area contributed by atoms with E-state index in [2.05, 4.69) is 31.7 Å². The fourth-order valence-corrected chi connectivity index (χ4v) is 4.47. The molecule has 0 aliphatic heterocycles. The smallest absolute Gasteiger partial charge is 0.222 e. The molecule has 0 bridgehead atoms. The third kappa shape index (κ3) is 4.13. The van der Waals surface area contributed by atoms with Crippen LogP contribution in [0.15, 0.2) is 71.8 Å². The Hall–Kier alpha value is -4.11. The summed E-state index contributed by atoms with van der Waals surface area (Å²) in [4.78, 5) is 18.4. The van der Waals surface area contributed by atoms with Gasteiger partial charge in [0.25, 0.3) is 0 Å². The number of fused-ring (bicyclic) bond motifs is 2.